The van der Waals surface area contributed by atoms with Crippen molar-refractivity contribution in [1.82, 2.24) is 9.80 Å². The Bertz CT molecular complexity index is 654. The molecule has 1 aliphatic rings. The van der Waals surface area contributed by atoms with E-state index in [2.05, 4.69) is 54.2 Å². The summed E-state index contributed by atoms with van der Waals surface area (Å²) in [7, 11) is 4.23. The summed E-state index contributed by atoms with van der Waals surface area (Å²) in [6.45, 7) is 5.42. The van der Waals surface area contributed by atoms with Gasteiger partial charge in [-0.25, -0.2) is 19.2 Å². The quantitative estimate of drug-likeness (QED) is 0.341. The van der Waals surface area contributed by atoms with Crippen LogP contribution in [-0.2, 0) is 30.5 Å². The monoisotopic (exact) mass is 456 g/mol. The second kappa shape index (κ2) is 16.6. The standard InChI is InChI=1S/C17H28N2O.2C2H2O4/c1-18(2)11-6-14-20-17-9-12-19(13-10-17)15-16-7-4-3-5-8-16;2*3-1(4)2(5)6/h3-5,7-8,17H,6,9-15H2,1-2H3;2*(H,3,4)(H,5,6). The zero-order valence-electron chi connectivity index (χ0n) is 18.3. The van der Waals surface area contributed by atoms with Gasteiger partial charge in [0.15, 0.2) is 0 Å². The smallest absolute Gasteiger partial charge is 0.414 e. The Kier molecular flexibility index (Phi) is 15.1. The SMILES string of the molecule is CN(C)CCCOC1CCN(Cc2ccccc2)CC1.O=C(O)C(=O)O.O=C(O)C(=O)O. The third-order valence-electron chi connectivity index (χ3n) is 4.25. The fourth-order valence-electron chi connectivity index (χ4n) is 2.71. The number of carboxylic acids is 4. The highest BCUT2D eigenvalue weighted by atomic mass is 16.5. The molecule has 1 saturated heterocycles. The molecular formula is C21H32N2O9. The molecule has 32 heavy (non-hydrogen) atoms. The summed E-state index contributed by atoms with van der Waals surface area (Å²) in [4.78, 5) is 41.1. The fourth-order valence-corrected chi connectivity index (χ4v) is 2.71. The molecule has 0 aliphatic carbocycles. The maximum absolute atomic E-state index is 9.10. The number of benzene rings is 1. The molecule has 0 aromatic heterocycles. The van der Waals surface area contributed by atoms with Gasteiger partial charge in [-0.3, -0.25) is 4.90 Å². The van der Waals surface area contributed by atoms with E-state index in [4.69, 9.17) is 44.3 Å². The highest BCUT2D eigenvalue weighted by Crippen LogP contribution is 2.16. The number of hydrogen-bond acceptors (Lipinski definition) is 7. The topological polar surface area (TPSA) is 165 Å². The number of hydrogen-bond donors (Lipinski definition) is 4. The van der Waals surface area contributed by atoms with Crippen molar-refractivity contribution in [2.45, 2.75) is 31.9 Å². The predicted molar refractivity (Wildman–Crippen MR) is 114 cm³/mol. The molecular weight excluding hydrogens is 424 g/mol. The van der Waals surface area contributed by atoms with Crippen molar-refractivity contribution in [3.63, 3.8) is 0 Å². The van der Waals surface area contributed by atoms with E-state index < -0.39 is 23.9 Å². The number of piperidine rings is 1. The molecule has 11 nitrogen and oxygen atoms in total. The van der Waals surface area contributed by atoms with E-state index in [0.717, 1.165) is 39.2 Å². The molecule has 0 spiro atoms. The van der Waals surface area contributed by atoms with E-state index in [9.17, 15) is 0 Å². The molecule has 1 heterocycles. The van der Waals surface area contributed by atoms with Crippen molar-refractivity contribution in [2.24, 2.45) is 0 Å². The first-order valence-electron chi connectivity index (χ1n) is 9.98. The number of aliphatic carboxylic acids is 4. The Morgan fingerprint density at radius 1 is 0.906 bits per heavy atom. The Hall–Kier alpha value is -3.02. The van der Waals surface area contributed by atoms with Gasteiger partial charge >= 0.3 is 23.9 Å². The van der Waals surface area contributed by atoms with Gasteiger partial charge in [-0.2, -0.15) is 0 Å². The van der Waals surface area contributed by atoms with Crippen LogP contribution < -0.4 is 0 Å². The number of carbonyl (C=O) groups is 4. The van der Waals surface area contributed by atoms with Gasteiger partial charge in [-0.15, -0.1) is 0 Å². The number of likely N-dealkylation sites (tertiary alicyclic amines) is 1. The summed E-state index contributed by atoms with van der Waals surface area (Å²) in [5, 5.41) is 29.6. The van der Waals surface area contributed by atoms with Crippen LogP contribution in [0.1, 0.15) is 24.8 Å². The van der Waals surface area contributed by atoms with Crippen LogP contribution in [-0.4, -0.2) is 101 Å². The van der Waals surface area contributed by atoms with Crippen LogP contribution in [0.15, 0.2) is 30.3 Å². The highest BCUT2D eigenvalue weighted by Gasteiger charge is 2.19. The average Bonchev–Trinajstić information content (AvgIpc) is 2.74. The zero-order valence-corrected chi connectivity index (χ0v) is 18.3. The fraction of sp³-hybridized carbons (Fsp3) is 0.524. The summed E-state index contributed by atoms with van der Waals surface area (Å²) in [5.74, 6) is -7.30. The first kappa shape index (κ1) is 29.0. The maximum atomic E-state index is 9.10. The molecule has 1 aromatic carbocycles. The Balaban J connectivity index is 0.000000662. The molecule has 1 aliphatic heterocycles. The summed E-state index contributed by atoms with van der Waals surface area (Å²) in [6.07, 6.45) is 3.96. The van der Waals surface area contributed by atoms with Crippen LogP contribution in [0.2, 0.25) is 0 Å². The lowest BCUT2D eigenvalue weighted by Crippen LogP contribution is -2.36. The Morgan fingerprint density at radius 2 is 1.38 bits per heavy atom. The van der Waals surface area contributed by atoms with Crippen LogP contribution in [0, 0.1) is 0 Å². The molecule has 0 bridgehead atoms. The molecule has 180 valence electrons. The Morgan fingerprint density at radius 3 is 1.78 bits per heavy atom. The molecule has 2 rings (SSSR count). The molecule has 1 fully saturated rings. The first-order valence-corrected chi connectivity index (χ1v) is 9.98. The van der Waals surface area contributed by atoms with Gasteiger partial charge < -0.3 is 30.1 Å². The van der Waals surface area contributed by atoms with E-state index in [1.807, 2.05) is 0 Å². The number of carboxylic acid groups (broad SMARTS) is 4. The summed E-state index contributed by atoms with van der Waals surface area (Å²) >= 11 is 0. The lowest BCUT2D eigenvalue weighted by atomic mass is 10.1. The summed E-state index contributed by atoms with van der Waals surface area (Å²) in [5.41, 5.74) is 1.41. The number of ether oxygens (including phenoxy) is 1. The van der Waals surface area contributed by atoms with E-state index in [0.29, 0.717) is 6.10 Å². The van der Waals surface area contributed by atoms with Crippen LogP contribution in [0.5, 0.6) is 0 Å². The van der Waals surface area contributed by atoms with Crippen molar-refractivity contribution in [3.05, 3.63) is 35.9 Å². The van der Waals surface area contributed by atoms with E-state index in [1.54, 1.807) is 0 Å². The van der Waals surface area contributed by atoms with E-state index >= 15 is 0 Å². The third-order valence-corrected chi connectivity index (χ3v) is 4.25. The Labute approximate surface area is 186 Å². The minimum Gasteiger partial charge on any atom is -0.473 e. The van der Waals surface area contributed by atoms with Gasteiger partial charge in [-0.05, 0) is 45.5 Å². The normalized spacial score (nSPS) is 13.8. The molecule has 11 heteroatoms. The highest BCUT2D eigenvalue weighted by molar-refractivity contribution is 6.27. The molecule has 0 unspecified atom stereocenters. The minimum absolute atomic E-state index is 0.476. The van der Waals surface area contributed by atoms with Crippen molar-refractivity contribution in [2.75, 3.05) is 40.3 Å². The average molecular weight is 456 g/mol. The number of rotatable bonds is 7. The van der Waals surface area contributed by atoms with E-state index in [1.165, 1.54) is 18.4 Å². The summed E-state index contributed by atoms with van der Waals surface area (Å²) in [6, 6.07) is 10.7. The van der Waals surface area contributed by atoms with Crippen molar-refractivity contribution >= 4 is 23.9 Å². The lowest BCUT2D eigenvalue weighted by Gasteiger charge is -2.32. The molecule has 0 saturated carbocycles. The largest absolute Gasteiger partial charge is 0.473 e. The molecule has 0 amide bonds. The lowest BCUT2D eigenvalue weighted by molar-refractivity contribution is -0.159. The molecule has 1 aromatic rings. The second-order valence-corrected chi connectivity index (χ2v) is 7.21. The van der Waals surface area contributed by atoms with Gasteiger partial charge in [0.25, 0.3) is 0 Å². The van der Waals surface area contributed by atoms with Crippen LogP contribution in [0.3, 0.4) is 0 Å². The van der Waals surface area contributed by atoms with Crippen molar-refractivity contribution in [1.29, 1.82) is 0 Å². The zero-order chi connectivity index (χ0) is 24.5. The van der Waals surface area contributed by atoms with Crippen LogP contribution in [0.4, 0.5) is 0 Å². The van der Waals surface area contributed by atoms with Gasteiger partial charge in [0.2, 0.25) is 0 Å². The third kappa shape index (κ3) is 15.8. The maximum Gasteiger partial charge on any atom is 0.414 e. The van der Waals surface area contributed by atoms with Crippen LogP contribution in [0.25, 0.3) is 0 Å². The van der Waals surface area contributed by atoms with Gasteiger partial charge in [-0.1, -0.05) is 30.3 Å². The van der Waals surface area contributed by atoms with Gasteiger partial charge in [0.1, 0.15) is 0 Å². The van der Waals surface area contributed by atoms with Crippen LogP contribution >= 0.6 is 0 Å². The van der Waals surface area contributed by atoms with Gasteiger partial charge in [0, 0.05) is 26.2 Å². The molecule has 4 N–H and O–H groups in total. The predicted octanol–water partition coefficient (Wildman–Crippen LogP) is 0.931. The van der Waals surface area contributed by atoms with Gasteiger partial charge in [0.05, 0.1) is 6.10 Å². The van der Waals surface area contributed by atoms with E-state index in [-0.39, 0.29) is 0 Å². The number of nitrogens with zero attached hydrogens (tertiary/aromatic N) is 2. The van der Waals surface area contributed by atoms with Crippen molar-refractivity contribution in [3.8, 4) is 0 Å². The molecule has 0 atom stereocenters. The van der Waals surface area contributed by atoms with Crippen molar-refractivity contribution < 1.29 is 44.3 Å². The minimum atomic E-state index is -1.82. The second-order valence-electron chi connectivity index (χ2n) is 7.21. The molecule has 0 radical (unpaired) electrons. The summed E-state index contributed by atoms with van der Waals surface area (Å²) < 4.78 is 5.98. The first-order chi connectivity index (χ1) is 15.0.